The van der Waals surface area contributed by atoms with Crippen molar-refractivity contribution in [1.29, 1.82) is 0 Å². The van der Waals surface area contributed by atoms with Crippen LogP contribution in [-0.4, -0.2) is 43.3 Å². The molecule has 9 heteroatoms. The summed E-state index contributed by atoms with van der Waals surface area (Å²) in [6.45, 7) is 0.137. The molecule has 3 N–H and O–H groups in total. The van der Waals surface area contributed by atoms with Crippen molar-refractivity contribution in [3.8, 4) is 0 Å². The molecule has 0 atom stereocenters. The van der Waals surface area contributed by atoms with Gasteiger partial charge in [-0.3, -0.25) is 19.2 Å². The van der Waals surface area contributed by atoms with Gasteiger partial charge in [-0.15, -0.1) is 0 Å². The Balaban J connectivity index is 1.43. The predicted octanol–water partition coefficient (Wildman–Crippen LogP) is 0.891. The molecule has 0 aliphatic carbocycles. The molecule has 0 unspecified atom stereocenters. The summed E-state index contributed by atoms with van der Waals surface area (Å²) >= 11 is 0. The molecule has 9 nitrogen and oxygen atoms in total. The number of nitrogens with zero attached hydrogens (tertiary/aromatic N) is 1. The molecule has 0 saturated carbocycles. The fourth-order valence-electron chi connectivity index (χ4n) is 2.77. The Kier molecular flexibility index (Phi) is 6.05. The molecule has 3 rings (SSSR count). The third kappa shape index (κ3) is 4.97. The number of furan rings is 1. The van der Waals surface area contributed by atoms with Crippen LogP contribution in [0.2, 0.25) is 0 Å². The van der Waals surface area contributed by atoms with E-state index in [0.717, 1.165) is 12.1 Å². The van der Waals surface area contributed by atoms with Crippen molar-refractivity contribution < 1.29 is 23.6 Å². The van der Waals surface area contributed by atoms with Crippen LogP contribution in [0.15, 0.2) is 47.1 Å². The average molecular weight is 384 g/mol. The van der Waals surface area contributed by atoms with Gasteiger partial charge in [0.25, 0.3) is 5.91 Å². The first-order valence-corrected chi connectivity index (χ1v) is 8.81. The maximum Gasteiger partial charge on any atom is 0.287 e. The van der Waals surface area contributed by atoms with E-state index in [9.17, 15) is 19.2 Å². The third-order valence-electron chi connectivity index (χ3n) is 4.12. The Hall–Kier alpha value is -3.62. The monoisotopic (exact) mass is 384 g/mol. The van der Waals surface area contributed by atoms with Gasteiger partial charge in [-0.1, -0.05) is 6.07 Å². The molecule has 28 heavy (non-hydrogen) atoms. The minimum Gasteiger partial charge on any atom is -0.459 e. The van der Waals surface area contributed by atoms with Crippen LogP contribution in [0, 0.1) is 0 Å². The minimum absolute atomic E-state index is 0.0623. The summed E-state index contributed by atoms with van der Waals surface area (Å²) < 4.78 is 4.91. The van der Waals surface area contributed by atoms with Crippen molar-refractivity contribution in [3.63, 3.8) is 0 Å². The second-order valence-electron chi connectivity index (χ2n) is 6.18. The molecule has 2 aromatic rings. The van der Waals surface area contributed by atoms with Crippen molar-refractivity contribution >= 4 is 35.0 Å². The molecule has 1 saturated heterocycles. The van der Waals surface area contributed by atoms with E-state index in [1.165, 1.54) is 12.3 Å². The Morgan fingerprint density at radius 1 is 1.04 bits per heavy atom. The number of benzene rings is 1. The van der Waals surface area contributed by atoms with E-state index in [-0.39, 0.29) is 24.8 Å². The lowest BCUT2D eigenvalue weighted by molar-refractivity contribution is -0.123. The second-order valence-corrected chi connectivity index (χ2v) is 6.18. The van der Waals surface area contributed by atoms with E-state index in [2.05, 4.69) is 16.0 Å². The number of hydrogen-bond acceptors (Lipinski definition) is 5. The van der Waals surface area contributed by atoms with Crippen LogP contribution in [0.5, 0.6) is 0 Å². The highest BCUT2D eigenvalue weighted by Gasteiger charge is 2.21. The fraction of sp³-hybridized carbons (Fsp3) is 0.263. The molecule has 0 radical (unpaired) electrons. The SMILES string of the molecule is O=C(CNC(=O)c1ccco1)NCC(=O)Nc1cccc(N2CCCC2=O)c1. The molecule has 146 valence electrons. The third-order valence-corrected chi connectivity index (χ3v) is 4.12. The number of anilines is 2. The van der Waals surface area contributed by atoms with Gasteiger partial charge in [-0.2, -0.15) is 0 Å². The summed E-state index contributed by atoms with van der Waals surface area (Å²) in [6, 6.07) is 10.0. The number of hydrogen-bond donors (Lipinski definition) is 3. The fourth-order valence-corrected chi connectivity index (χ4v) is 2.77. The number of carbonyl (C=O) groups excluding carboxylic acids is 4. The quantitative estimate of drug-likeness (QED) is 0.655. The highest BCUT2D eigenvalue weighted by molar-refractivity contribution is 5.98. The van der Waals surface area contributed by atoms with Crippen LogP contribution in [0.1, 0.15) is 23.4 Å². The standard InChI is InChI=1S/C19H20N4O5/c24-16(11-21-19(27)15-6-3-9-28-15)20-12-17(25)22-13-4-1-5-14(10-13)23-8-2-7-18(23)26/h1,3-6,9-10H,2,7-8,11-12H2,(H,20,24)(H,21,27)(H,22,25). The van der Waals surface area contributed by atoms with E-state index < -0.39 is 17.7 Å². The zero-order chi connectivity index (χ0) is 19.9. The predicted molar refractivity (Wildman–Crippen MR) is 101 cm³/mol. The van der Waals surface area contributed by atoms with E-state index in [0.29, 0.717) is 18.7 Å². The summed E-state index contributed by atoms with van der Waals surface area (Å²) in [5, 5.41) is 7.48. The highest BCUT2D eigenvalue weighted by atomic mass is 16.3. The van der Waals surface area contributed by atoms with Gasteiger partial charge in [0.15, 0.2) is 5.76 Å². The van der Waals surface area contributed by atoms with Crippen molar-refractivity contribution in [2.75, 3.05) is 29.9 Å². The molecule has 0 spiro atoms. The number of nitrogens with one attached hydrogen (secondary N) is 3. The number of rotatable bonds is 7. The lowest BCUT2D eigenvalue weighted by Crippen LogP contribution is -2.40. The Morgan fingerprint density at radius 2 is 1.86 bits per heavy atom. The first kappa shape index (κ1) is 19.2. The van der Waals surface area contributed by atoms with Crippen LogP contribution >= 0.6 is 0 Å². The molecule has 1 aliphatic rings. The summed E-state index contributed by atoms with van der Waals surface area (Å²) in [6.07, 6.45) is 2.70. The smallest absolute Gasteiger partial charge is 0.287 e. The minimum atomic E-state index is -0.516. The molecule has 2 heterocycles. The van der Waals surface area contributed by atoms with Crippen LogP contribution in [0.4, 0.5) is 11.4 Å². The van der Waals surface area contributed by atoms with Crippen LogP contribution in [0.3, 0.4) is 0 Å². The first-order valence-electron chi connectivity index (χ1n) is 8.81. The summed E-state index contributed by atoms with van der Waals surface area (Å²) in [4.78, 5) is 49.0. The van der Waals surface area contributed by atoms with Gasteiger partial charge in [-0.05, 0) is 36.8 Å². The van der Waals surface area contributed by atoms with Gasteiger partial charge < -0.3 is 25.3 Å². The van der Waals surface area contributed by atoms with Crippen LogP contribution in [0.25, 0.3) is 0 Å². The molecule has 0 bridgehead atoms. The molecular formula is C19H20N4O5. The Labute approximate surface area is 161 Å². The van der Waals surface area contributed by atoms with Gasteiger partial charge in [0.2, 0.25) is 17.7 Å². The maximum absolute atomic E-state index is 12.0. The largest absolute Gasteiger partial charge is 0.459 e. The maximum atomic E-state index is 12.0. The normalized spacial score (nSPS) is 13.3. The topological polar surface area (TPSA) is 121 Å². The van der Waals surface area contributed by atoms with Gasteiger partial charge in [-0.25, -0.2) is 0 Å². The van der Waals surface area contributed by atoms with Gasteiger partial charge >= 0.3 is 0 Å². The summed E-state index contributed by atoms with van der Waals surface area (Å²) in [5.74, 6) is -1.28. The number of amides is 4. The van der Waals surface area contributed by atoms with E-state index in [1.54, 1.807) is 29.2 Å². The van der Waals surface area contributed by atoms with Crippen molar-refractivity contribution in [2.24, 2.45) is 0 Å². The average Bonchev–Trinajstić information content (AvgIpc) is 3.36. The molecule has 1 aromatic carbocycles. The molecule has 4 amide bonds. The van der Waals surface area contributed by atoms with Crippen molar-refractivity contribution in [3.05, 3.63) is 48.4 Å². The zero-order valence-electron chi connectivity index (χ0n) is 15.1. The lowest BCUT2D eigenvalue weighted by atomic mass is 10.2. The molecular weight excluding hydrogens is 364 g/mol. The number of carbonyl (C=O) groups is 4. The van der Waals surface area contributed by atoms with E-state index >= 15 is 0 Å². The molecule has 1 aliphatic heterocycles. The van der Waals surface area contributed by atoms with E-state index in [1.807, 2.05) is 6.07 Å². The molecule has 1 fully saturated rings. The van der Waals surface area contributed by atoms with Crippen molar-refractivity contribution in [2.45, 2.75) is 12.8 Å². The van der Waals surface area contributed by atoms with Crippen molar-refractivity contribution in [1.82, 2.24) is 10.6 Å². The molecule has 1 aromatic heterocycles. The second kappa shape index (κ2) is 8.85. The van der Waals surface area contributed by atoms with Gasteiger partial charge in [0.1, 0.15) is 0 Å². The lowest BCUT2D eigenvalue weighted by Gasteiger charge is -2.16. The summed E-state index contributed by atoms with van der Waals surface area (Å²) in [7, 11) is 0. The summed E-state index contributed by atoms with van der Waals surface area (Å²) in [5.41, 5.74) is 1.26. The Morgan fingerprint density at radius 3 is 2.57 bits per heavy atom. The zero-order valence-corrected chi connectivity index (χ0v) is 15.1. The first-order chi connectivity index (χ1) is 13.5. The van der Waals surface area contributed by atoms with Gasteiger partial charge in [0.05, 0.1) is 19.4 Å². The van der Waals surface area contributed by atoms with Crippen LogP contribution in [-0.2, 0) is 14.4 Å². The Bertz CT molecular complexity index is 878. The highest BCUT2D eigenvalue weighted by Crippen LogP contribution is 2.24. The van der Waals surface area contributed by atoms with Crippen LogP contribution < -0.4 is 20.9 Å². The van der Waals surface area contributed by atoms with E-state index in [4.69, 9.17) is 4.42 Å². The van der Waals surface area contributed by atoms with Gasteiger partial charge in [0, 0.05) is 24.3 Å².